The summed E-state index contributed by atoms with van der Waals surface area (Å²) in [7, 11) is 2.19. The third-order valence-electron chi connectivity index (χ3n) is 4.80. The van der Waals surface area contributed by atoms with Gasteiger partial charge in [-0.2, -0.15) is 0 Å². The lowest BCUT2D eigenvalue weighted by Gasteiger charge is -2.33. The van der Waals surface area contributed by atoms with Crippen molar-refractivity contribution in [1.29, 1.82) is 0 Å². The molecule has 1 aromatic rings. The smallest absolute Gasteiger partial charge is 0.133 e. The Morgan fingerprint density at radius 3 is 2.42 bits per heavy atom. The SMILES string of the molecule is CN(c1ccc2c(c1)CCCC2)C1CCC(=O)CC1. The quantitative estimate of drug-likeness (QED) is 0.808. The second-order valence-electron chi connectivity index (χ2n) is 6.04. The zero-order chi connectivity index (χ0) is 13.2. The Hall–Kier alpha value is -1.31. The second kappa shape index (κ2) is 5.36. The fourth-order valence-corrected chi connectivity index (χ4v) is 3.46. The van der Waals surface area contributed by atoms with Crippen molar-refractivity contribution in [1.82, 2.24) is 0 Å². The van der Waals surface area contributed by atoms with Crippen LogP contribution in [0.25, 0.3) is 0 Å². The molecule has 0 spiro atoms. The van der Waals surface area contributed by atoms with Gasteiger partial charge >= 0.3 is 0 Å². The van der Waals surface area contributed by atoms with E-state index in [1.807, 2.05) is 0 Å². The number of Topliss-reactive ketones (excluding diaryl/α,β-unsaturated/α-hetero) is 1. The van der Waals surface area contributed by atoms with Crippen LogP contribution in [0.1, 0.15) is 49.7 Å². The van der Waals surface area contributed by atoms with Crippen molar-refractivity contribution in [2.24, 2.45) is 0 Å². The molecule has 19 heavy (non-hydrogen) atoms. The molecule has 0 atom stereocenters. The lowest BCUT2D eigenvalue weighted by Crippen LogP contribution is -2.35. The number of anilines is 1. The standard InChI is InChI=1S/C17H23NO/c1-18(15-8-10-17(19)11-9-15)16-7-6-13-4-2-3-5-14(13)12-16/h6-7,12,15H,2-5,8-11H2,1H3. The van der Waals surface area contributed by atoms with Gasteiger partial charge in [-0.1, -0.05) is 6.07 Å². The maximum absolute atomic E-state index is 11.3. The molecule has 0 amide bonds. The molecular formula is C17H23NO. The maximum Gasteiger partial charge on any atom is 0.133 e. The van der Waals surface area contributed by atoms with Crippen LogP contribution in [-0.2, 0) is 17.6 Å². The predicted molar refractivity (Wildman–Crippen MR) is 78.8 cm³/mol. The largest absolute Gasteiger partial charge is 0.372 e. The minimum Gasteiger partial charge on any atom is -0.372 e. The van der Waals surface area contributed by atoms with Gasteiger partial charge in [0.05, 0.1) is 0 Å². The van der Waals surface area contributed by atoms with Gasteiger partial charge in [-0.25, -0.2) is 0 Å². The zero-order valence-corrected chi connectivity index (χ0v) is 11.8. The van der Waals surface area contributed by atoms with E-state index in [0.717, 1.165) is 25.7 Å². The van der Waals surface area contributed by atoms with Crippen molar-refractivity contribution < 1.29 is 4.79 Å². The molecule has 0 aliphatic heterocycles. The van der Waals surface area contributed by atoms with E-state index in [9.17, 15) is 4.79 Å². The molecule has 2 aliphatic carbocycles. The second-order valence-corrected chi connectivity index (χ2v) is 6.04. The Morgan fingerprint density at radius 2 is 1.68 bits per heavy atom. The summed E-state index contributed by atoms with van der Waals surface area (Å²) in [5.74, 6) is 0.440. The normalized spacial score (nSPS) is 20.2. The zero-order valence-electron chi connectivity index (χ0n) is 11.8. The predicted octanol–water partition coefficient (Wildman–Crippen LogP) is 3.51. The molecule has 1 saturated carbocycles. The summed E-state index contributed by atoms with van der Waals surface area (Å²) < 4.78 is 0. The highest BCUT2D eigenvalue weighted by atomic mass is 16.1. The highest BCUT2D eigenvalue weighted by molar-refractivity contribution is 5.79. The molecule has 0 N–H and O–H groups in total. The molecule has 0 radical (unpaired) electrons. The lowest BCUT2D eigenvalue weighted by molar-refractivity contribution is -0.120. The van der Waals surface area contributed by atoms with Gasteiger partial charge in [0.2, 0.25) is 0 Å². The van der Waals surface area contributed by atoms with Crippen LogP contribution in [0.5, 0.6) is 0 Å². The third kappa shape index (κ3) is 2.68. The van der Waals surface area contributed by atoms with Gasteiger partial charge < -0.3 is 4.90 Å². The fourth-order valence-electron chi connectivity index (χ4n) is 3.46. The van der Waals surface area contributed by atoms with E-state index in [0.29, 0.717) is 11.8 Å². The highest BCUT2D eigenvalue weighted by Crippen LogP contribution is 2.29. The molecule has 0 aromatic heterocycles. The number of benzene rings is 1. The molecule has 1 aromatic carbocycles. The number of fused-ring (bicyclic) bond motifs is 1. The number of carbonyl (C=O) groups excluding carboxylic acids is 1. The average Bonchev–Trinajstić information content (AvgIpc) is 2.47. The number of aryl methyl sites for hydroxylation is 2. The Bertz CT molecular complexity index is 470. The molecule has 2 aliphatic rings. The molecule has 0 heterocycles. The highest BCUT2D eigenvalue weighted by Gasteiger charge is 2.23. The van der Waals surface area contributed by atoms with Gasteiger partial charge in [-0.15, -0.1) is 0 Å². The van der Waals surface area contributed by atoms with Crippen molar-refractivity contribution in [3.63, 3.8) is 0 Å². The van der Waals surface area contributed by atoms with E-state index in [-0.39, 0.29) is 0 Å². The molecule has 2 nitrogen and oxygen atoms in total. The van der Waals surface area contributed by atoms with E-state index >= 15 is 0 Å². The maximum atomic E-state index is 11.3. The molecule has 0 saturated heterocycles. The summed E-state index contributed by atoms with van der Waals surface area (Å²) in [6.45, 7) is 0. The minimum atomic E-state index is 0.440. The lowest BCUT2D eigenvalue weighted by atomic mass is 9.90. The van der Waals surface area contributed by atoms with Crippen LogP contribution < -0.4 is 4.90 Å². The summed E-state index contributed by atoms with van der Waals surface area (Å²) in [5.41, 5.74) is 4.42. The fraction of sp³-hybridized carbons (Fsp3) is 0.588. The van der Waals surface area contributed by atoms with Gasteiger partial charge in [-0.05, 0) is 61.8 Å². The first-order chi connectivity index (χ1) is 9.24. The molecule has 2 heteroatoms. The Balaban J connectivity index is 1.76. The van der Waals surface area contributed by atoms with Crippen molar-refractivity contribution in [2.75, 3.05) is 11.9 Å². The van der Waals surface area contributed by atoms with E-state index in [1.165, 1.54) is 31.4 Å². The van der Waals surface area contributed by atoms with Crippen molar-refractivity contribution in [3.05, 3.63) is 29.3 Å². The first-order valence-corrected chi connectivity index (χ1v) is 7.60. The molecule has 0 unspecified atom stereocenters. The van der Waals surface area contributed by atoms with Crippen LogP contribution in [-0.4, -0.2) is 18.9 Å². The Labute approximate surface area is 115 Å². The summed E-state index contributed by atoms with van der Waals surface area (Å²) in [6, 6.07) is 7.50. The average molecular weight is 257 g/mol. The number of hydrogen-bond donors (Lipinski definition) is 0. The van der Waals surface area contributed by atoms with E-state index in [4.69, 9.17) is 0 Å². The van der Waals surface area contributed by atoms with Gasteiger partial charge in [0.25, 0.3) is 0 Å². The topological polar surface area (TPSA) is 20.3 Å². The third-order valence-corrected chi connectivity index (χ3v) is 4.80. The summed E-state index contributed by atoms with van der Waals surface area (Å²) >= 11 is 0. The van der Waals surface area contributed by atoms with Gasteiger partial charge in [0.1, 0.15) is 5.78 Å². The number of rotatable bonds is 2. The van der Waals surface area contributed by atoms with Crippen LogP contribution >= 0.6 is 0 Å². The van der Waals surface area contributed by atoms with E-state index < -0.39 is 0 Å². The first-order valence-electron chi connectivity index (χ1n) is 7.60. The van der Waals surface area contributed by atoms with Crippen LogP contribution in [0.4, 0.5) is 5.69 Å². The van der Waals surface area contributed by atoms with Crippen LogP contribution in [0, 0.1) is 0 Å². The number of nitrogens with zero attached hydrogens (tertiary/aromatic N) is 1. The first kappa shape index (κ1) is 12.7. The molecule has 1 fully saturated rings. The monoisotopic (exact) mass is 257 g/mol. The van der Waals surface area contributed by atoms with Gasteiger partial charge in [-0.3, -0.25) is 4.79 Å². The molecular weight excluding hydrogens is 234 g/mol. The number of ketones is 1. The number of carbonyl (C=O) groups is 1. The molecule has 0 bridgehead atoms. The number of hydrogen-bond acceptors (Lipinski definition) is 2. The van der Waals surface area contributed by atoms with Crippen LogP contribution in [0.2, 0.25) is 0 Å². The van der Waals surface area contributed by atoms with Crippen molar-refractivity contribution in [3.8, 4) is 0 Å². The summed E-state index contributed by atoms with van der Waals surface area (Å²) in [5, 5.41) is 0. The van der Waals surface area contributed by atoms with Crippen molar-refractivity contribution >= 4 is 11.5 Å². The Kier molecular flexibility index (Phi) is 3.58. The minimum absolute atomic E-state index is 0.440. The van der Waals surface area contributed by atoms with Crippen LogP contribution in [0.3, 0.4) is 0 Å². The van der Waals surface area contributed by atoms with E-state index in [2.05, 4.69) is 30.1 Å². The van der Waals surface area contributed by atoms with Gasteiger partial charge in [0, 0.05) is 31.6 Å². The Morgan fingerprint density at radius 1 is 1.00 bits per heavy atom. The molecule has 102 valence electrons. The van der Waals surface area contributed by atoms with Crippen LogP contribution in [0.15, 0.2) is 18.2 Å². The molecule has 3 rings (SSSR count). The summed E-state index contributed by atoms with van der Waals surface area (Å²) in [4.78, 5) is 13.7. The van der Waals surface area contributed by atoms with Crippen molar-refractivity contribution in [2.45, 2.75) is 57.4 Å². The van der Waals surface area contributed by atoms with Gasteiger partial charge in [0.15, 0.2) is 0 Å². The summed E-state index contributed by atoms with van der Waals surface area (Å²) in [6.07, 6.45) is 8.72. The van der Waals surface area contributed by atoms with E-state index in [1.54, 1.807) is 11.1 Å².